The van der Waals surface area contributed by atoms with Gasteiger partial charge >= 0.3 is 0 Å². The molecule has 0 aliphatic carbocycles. The van der Waals surface area contributed by atoms with Crippen molar-refractivity contribution < 1.29 is 4.39 Å². The molecule has 0 radical (unpaired) electrons. The van der Waals surface area contributed by atoms with Gasteiger partial charge in [0.25, 0.3) is 5.56 Å². The minimum atomic E-state index is -0.242. The first kappa shape index (κ1) is 16.7. The zero-order chi connectivity index (χ0) is 17.3. The van der Waals surface area contributed by atoms with Crippen LogP contribution in [0.2, 0.25) is 0 Å². The van der Waals surface area contributed by atoms with E-state index in [0.717, 1.165) is 10.6 Å². The molecular formula is C17H19FN4OS. The number of hydrogen-bond acceptors (Lipinski definition) is 5. The number of benzene rings is 1. The van der Waals surface area contributed by atoms with Gasteiger partial charge in [0, 0.05) is 17.8 Å². The summed E-state index contributed by atoms with van der Waals surface area (Å²) in [4.78, 5) is 16.9. The number of aryl methyl sites for hydroxylation is 1. The quantitative estimate of drug-likeness (QED) is 0.771. The summed E-state index contributed by atoms with van der Waals surface area (Å²) in [6.45, 7) is 6.53. The van der Waals surface area contributed by atoms with E-state index in [1.807, 2.05) is 0 Å². The zero-order valence-corrected chi connectivity index (χ0v) is 14.6. The van der Waals surface area contributed by atoms with E-state index in [1.165, 1.54) is 34.1 Å². The fourth-order valence-corrected chi connectivity index (χ4v) is 3.53. The largest absolute Gasteiger partial charge is 0.303 e. The summed E-state index contributed by atoms with van der Waals surface area (Å²) in [5.41, 5.74) is 1.55. The average molecular weight is 346 g/mol. The molecule has 0 spiro atoms. The van der Waals surface area contributed by atoms with Crippen molar-refractivity contribution in [2.75, 3.05) is 0 Å². The van der Waals surface area contributed by atoms with Gasteiger partial charge in [-0.25, -0.2) is 9.37 Å². The van der Waals surface area contributed by atoms with Gasteiger partial charge in [0.1, 0.15) is 10.8 Å². The maximum Gasteiger partial charge on any atom is 0.275 e. The molecular weight excluding hydrogens is 327 g/mol. The molecule has 7 heteroatoms. The number of halogens is 1. The van der Waals surface area contributed by atoms with Gasteiger partial charge in [0.2, 0.25) is 4.96 Å². The molecule has 1 N–H and O–H groups in total. The molecule has 24 heavy (non-hydrogen) atoms. The minimum absolute atomic E-state index is 0.0732. The molecule has 1 aromatic carbocycles. The van der Waals surface area contributed by atoms with Crippen LogP contribution in [-0.4, -0.2) is 14.6 Å². The summed E-state index contributed by atoms with van der Waals surface area (Å²) in [6.07, 6.45) is 0. The molecule has 0 fully saturated rings. The van der Waals surface area contributed by atoms with Crippen molar-refractivity contribution in [2.24, 2.45) is 5.92 Å². The lowest BCUT2D eigenvalue weighted by atomic mass is 9.96. The second-order valence-electron chi connectivity index (χ2n) is 6.08. The van der Waals surface area contributed by atoms with Gasteiger partial charge in [-0.05, 0) is 30.5 Å². The third-order valence-corrected chi connectivity index (χ3v) is 4.69. The Morgan fingerprint density at radius 1 is 1.29 bits per heavy atom. The number of hydrogen-bond donors (Lipinski definition) is 1. The Bertz CT molecular complexity index is 901. The molecule has 3 rings (SSSR count). The molecule has 0 aliphatic heterocycles. The summed E-state index contributed by atoms with van der Waals surface area (Å²) in [7, 11) is 0. The van der Waals surface area contributed by atoms with E-state index in [9.17, 15) is 9.18 Å². The summed E-state index contributed by atoms with van der Waals surface area (Å²) in [6, 6.07) is 8.07. The molecule has 0 aliphatic rings. The van der Waals surface area contributed by atoms with Crippen LogP contribution in [0, 0.1) is 18.7 Å². The van der Waals surface area contributed by atoms with Crippen molar-refractivity contribution in [3.05, 3.63) is 62.8 Å². The number of fused-ring (bicyclic) bond motifs is 1. The SMILES string of the molecule is Cc1cc(=O)n2nc(CN[C@@H](c3ccc(F)cc3)C(C)C)sc2n1. The van der Waals surface area contributed by atoms with Crippen molar-refractivity contribution in [1.82, 2.24) is 19.9 Å². The van der Waals surface area contributed by atoms with Gasteiger partial charge in [0.05, 0.1) is 6.54 Å². The second kappa shape index (κ2) is 6.78. The number of nitrogens with one attached hydrogen (secondary N) is 1. The maximum atomic E-state index is 13.1. The van der Waals surface area contributed by atoms with E-state index in [-0.39, 0.29) is 17.4 Å². The van der Waals surface area contributed by atoms with Crippen LogP contribution in [-0.2, 0) is 6.54 Å². The lowest BCUT2D eigenvalue weighted by Gasteiger charge is -2.22. The Hall–Kier alpha value is -2.12. The highest BCUT2D eigenvalue weighted by atomic mass is 32.1. The first-order valence-corrected chi connectivity index (χ1v) is 8.61. The molecule has 2 heterocycles. The summed E-state index contributed by atoms with van der Waals surface area (Å²) < 4.78 is 14.5. The van der Waals surface area contributed by atoms with Crippen molar-refractivity contribution in [1.29, 1.82) is 0 Å². The molecule has 3 aromatic rings. The van der Waals surface area contributed by atoms with Crippen LogP contribution < -0.4 is 10.9 Å². The predicted molar refractivity (Wildman–Crippen MR) is 92.7 cm³/mol. The third-order valence-electron chi connectivity index (χ3n) is 3.78. The maximum absolute atomic E-state index is 13.1. The Labute approximate surface area is 143 Å². The van der Waals surface area contributed by atoms with Crippen LogP contribution in [0.1, 0.15) is 36.2 Å². The van der Waals surface area contributed by atoms with E-state index in [4.69, 9.17) is 0 Å². The minimum Gasteiger partial charge on any atom is -0.303 e. The second-order valence-corrected chi connectivity index (χ2v) is 7.12. The highest BCUT2D eigenvalue weighted by molar-refractivity contribution is 7.16. The fourth-order valence-electron chi connectivity index (χ4n) is 2.64. The Kier molecular flexibility index (Phi) is 4.73. The van der Waals surface area contributed by atoms with E-state index in [0.29, 0.717) is 23.1 Å². The smallest absolute Gasteiger partial charge is 0.275 e. The Morgan fingerprint density at radius 3 is 2.67 bits per heavy atom. The lowest BCUT2D eigenvalue weighted by Crippen LogP contribution is -2.25. The van der Waals surface area contributed by atoms with Crippen molar-refractivity contribution >= 4 is 16.3 Å². The summed E-state index contributed by atoms with van der Waals surface area (Å²) >= 11 is 1.40. The summed E-state index contributed by atoms with van der Waals surface area (Å²) in [5.74, 6) is 0.0844. The van der Waals surface area contributed by atoms with E-state index >= 15 is 0 Å². The fraction of sp³-hybridized carbons (Fsp3) is 0.353. The molecule has 1 atom stereocenters. The monoisotopic (exact) mass is 346 g/mol. The standard InChI is InChI=1S/C17H19FN4OS/c1-10(2)16(12-4-6-13(18)7-5-12)19-9-14-21-22-15(23)8-11(3)20-17(22)24-14/h4-8,10,16,19H,9H2,1-3H3/t16-/m1/s1. The first-order valence-electron chi connectivity index (χ1n) is 7.79. The van der Waals surface area contributed by atoms with Gasteiger partial charge in [-0.2, -0.15) is 9.61 Å². The Morgan fingerprint density at radius 2 is 2.00 bits per heavy atom. The van der Waals surface area contributed by atoms with Crippen LogP contribution in [0.4, 0.5) is 4.39 Å². The highest BCUT2D eigenvalue weighted by Crippen LogP contribution is 2.23. The van der Waals surface area contributed by atoms with Crippen LogP contribution in [0.3, 0.4) is 0 Å². The summed E-state index contributed by atoms with van der Waals surface area (Å²) in [5, 5.41) is 8.57. The van der Waals surface area contributed by atoms with Gasteiger partial charge < -0.3 is 5.32 Å². The topological polar surface area (TPSA) is 59.3 Å². The van der Waals surface area contributed by atoms with Gasteiger partial charge in [-0.15, -0.1) is 0 Å². The van der Waals surface area contributed by atoms with Crippen molar-refractivity contribution in [3.8, 4) is 0 Å². The van der Waals surface area contributed by atoms with E-state index in [1.54, 1.807) is 19.1 Å². The van der Waals surface area contributed by atoms with Crippen molar-refractivity contribution in [2.45, 2.75) is 33.4 Å². The molecule has 126 valence electrons. The van der Waals surface area contributed by atoms with Gasteiger partial charge in [-0.1, -0.05) is 37.3 Å². The molecule has 0 amide bonds. The average Bonchev–Trinajstić information content (AvgIpc) is 2.92. The lowest BCUT2D eigenvalue weighted by molar-refractivity contribution is 0.409. The van der Waals surface area contributed by atoms with Gasteiger partial charge in [-0.3, -0.25) is 4.79 Å². The van der Waals surface area contributed by atoms with E-state index in [2.05, 4.69) is 29.2 Å². The normalized spacial score (nSPS) is 12.9. The Balaban J connectivity index is 1.81. The third kappa shape index (κ3) is 3.52. The molecule has 0 bridgehead atoms. The van der Waals surface area contributed by atoms with E-state index < -0.39 is 0 Å². The molecule has 5 nitrogen and oxygen atoms in total. The molecule has 0 saturated heterocycles. The van der Waals surface area contributed by atoms with Crippen LogP contribution in [0.15, 0.2) is 35.1 Å². The number of nitrogens with zero attached hydrogens (tertiary/aromatic N) is 3. The van der Waals surface area contributed by atoms with Crippen LogP contribution in [0.25, 0.3) is 4.96 Å². The van der Waals surface area contributed by atoms with Crippen molar-refractivity contribution in [3.63, 3.8) is 0 Å². The first-order chi connectivity index (χ1) is 11.4. The zero-order valence-electron chi connectivity index (χ0n) is 13.8. The van der Waals surface area contributed by atoms with Gasteiger partial charge in [0.15, 0.2) is 0 Å². The van der Waals surface area contributed by atoms with Crippen LogP contribution in [0.5, 0.6) is 0 Å². The van der Waals surface area contributed by atoms with Crippen LogP contribution >= 0.6 is 11.3 Å². The highest BCUT2D eigenvalue weighted by Gasteiger charge is 2.16. The predicted octanol–water partition coefficient (Wildman–Crippen LogP) is 3.09. The molecule has 0 unspecified atom stereocenters. The molecule has 2 aromatic heterocycles. The number of rotatable bonds is 5. The number of aromatic nitrogens is 3. The molecule has 0 saturated carbocycles.